The van der Waals surface area contributed by atoms with Crippen LogP contribution in [-0.4, -0.2) is 46.0 Å². The van der Waals surface area contributed by atoms with E-state index in [1.54, 1.807) is 11.8 Å². The number of carboxylic acid groups (broad SMARTS) is 1. The van der Waals surface area contributed by atoms with Crippen molar-refractivity contribution < 1.29 is 14.7 Å². The minimum Gasteiger partial charge on any atom is -0.481 e. The lowest BCUT2D eigenvalue weighted by atomic mass is 10.0. The Morgan fingerprint density at radius 3 is 2.61 bits per heavy atom. The lowest BCUT2D eigenvalue weighted by Crippen LogP contribution is -2.47. The van der Waals surface area contributed by atoms with Gasteiger partial charge in [0.25, 0.3) is 0 Å². The van der Waals surface area contributed by atoms with E-state index in [9.17, 15) is 9.59 Å². The standard InChI is InChI=1S/C13H21NO3S/c15-12(7-10-3-1-2-4-10)14-5-6-18-9-11(14)8-13(16)17/h10-11H,1-9H2,(H,16,17). The minimum absolute atomic E-state index is 0.0867. The second kappa shape index (κ2) is 6.45. The van der Waals surface area contributed by atoms with Crippen LogP contribution in [0.25, 0.3) is 0 Å². The van der Waals surface area contributed by atoms with Gasteiger partial charge in [-0.3, -0.25) is 9.59 Å². The van der Waals surface area contributed by atoms with Gasteiger partial charge < -0.3 is 10.0 Å². The third kappa shape index (κ3) is 3.64. The first kappa shape index (κ1) is 13.7. The lowest BCUT2D eigenvalue weighted by Gasteiger charge is -2.35. The van der Waals surface area contributed by atoms with E-state index in [1.165, 1.54) is 12.8 Å². The van der Waals surface area contributed by atoms with Gasteiger partial charge >= 0.3 is 5.97 Å². The highest BCUT2D eigenvalue weighted by atomic mass is 32.2. The van der Waals surface area contributed by atoms with E-state index in [0.29, 0.717) is 18.9 Å². The highest BCUT2D eigenvalue weighted by Crippen LogP contribution is 2.29. The quantitative estimate of drug-likeness (QED) is 0.849. The van der Waals surface area contributed by atoms with Crippen molar-refractivity contribution in [1.82, 2.24) is 4.90 Å². The van der Waals surface area contributed by atoms with Gasteiger partial charge in [0.1, 0.15) is 0 Å². The van der Waals surface area contributed by atoms with Gasteiger partial charge in [0.2, 0.25) is 5.91 Å². The van der Waals surface area contributed by atoms with E-state index < -0.39 is 5.97 Å². The first-order chi connectivity index (χ1) is 8.66. The lowest BCUT2D eigenvalue weighted by molar-refractivity contribution is -0.140. The molecule has 102 valence electrons. The molecule has 0 bridgehead atoms. The van der Waals surface area contributed by atoms with Crippen molar-refractivity contribution in [2.75, 3.05) is 18.1 Å². The molecule has 4 nitrogen and oxygen atoms in total. The van der Waals surface area contributed by atoms with E-state index in [0.717, 1.165) is 24.3 Å². The molecule has 2 fully saturated rings. The maximum atomic E-state index is 12.3. The highest BCUT2D eigenvalue weighted by Gasteiger charge is 2.30. The first-order valence-electron chi connectivity index (χ1n) is 6.76. The molecule has 1 aliphatic heterocycles. The van der Waals surface area contributed by atoms with Crippen molar-refractivity contribution in [3.05, 3.63) is 0 Å². The molecule has 5 heteroatoms. The average molecular weight is 271 g/mol. The second-order valence-electron chi connectivity index (χ2n) is 5.27. The maximum Gasteiger partial charge on any atom is 0.305 e. The summed E-state index contributed by atoms with van der Waals surface area (Å²) in [7, 11) is 0. The number of carboxylic acids is 1. The first-order valence-corrected chi connectivity index (χ1v) is 7.91. The molecular formula is C13H21NO3S. The molecule has 2 rings (SSSR count). The van der Waals surface area contributed by atoms with Crippen molar-refractivity contribution in [2.24, 2.45) is 5.92 Å². The summed E-state index contributed by atoms with van der Waals surface area (Å²) < 4.78 is 0. The van der Waals surface area contributed by atoms with Crippen LogP contribution in [0.1, 0.15) is 38.5 Å². The number of hydrogen-bond donors (Lipinski definition) is 1. The Kier molecular flexibility index (Phi) is 4.92. The van der Waals surface area contributed by atoms with Gasteiger partial charge in [0.15, 0.2) is 0 Å². The van der Waals surface area contributed by atoms with Crippen LogP contribution in [-0.2, 0) is 9.59 Å². The molecule has 0 aromatic heterocycles. The smallest absolute Gasteiger partial charge is 0.305 e. The van der Waals surface area contributed by atoms with E-state index >= 15 is 0 Å². The zero-order valence-corrected chi connectivity index (χ0v) is 11.5. The monoisotopic (exact) mass is 271 g/mol. The molecule has 1 atom stereocenters. The van der Waals surface area contributed by atoms with Gasteiger partial charge in [-0.2, -0.15) is 11.8 Å². The maximum absolute atomic E-state index is 12.3. The van der Waals surface area contributed by atoms with Gasteiger partial charge in [0, 0.05) is 24.5 Å². The molecule has 1 saturated heterocycles. The molecule has 1 amide bonds. The van der Waals surface area contributed by atoms with Crippen LogP contribution in [0.5, 0.6) is 0 Å². The van der Waals surface area contributed by atoms with E-state index in [1.807, 2.05) is 4.90 Å². The van der Waals surface area contributed by atoms with Crippen LogP contribution >= 0.6 is 11.8 Å². The van der Waals surface area contributed by atoms with Gasteiger partial charge in [-0.15, -0.1) is 0 Å². The highest BCUT2D eigenvalue weighted by molar-refractivity contribution is 7.99. The van der Waals surface area contributed by atoms with Crippen molar-refractivity contribution in [3.8, 4) is 0 Å². The summed E-state index contributed by atoms with van der Waals surface area (Å²) in [6.45, 7) is 0.716. The Morgan fingerprint density at radius 1 is 1.22 bits per heavy atom. The Bertz CT molecular complexity index is 315. The molecule has 1 unspecified atom stereocenters. The molecule has 1 heterocycles. The summed E-state index contributed by atoms with van der Waals surface area (Å²) in [6, 6.07) is -0.102. The number of nitrogens with zero attached hydrogens (tertiary/aromatic N) is 1. The minimum atomic E-state index is -0.804. The summed E-state index contributed by atoms with van der Waals surface area (Å²) in [5.74, 6) is 1.61. The van der Waals surface area contributed by atoms with Crippen LogP contribution in [0.4, 0.5) is 0 Å². The van der Waals surface area contributed by atoms with Crippen molar-refractivity contribution in [2.45, 2.75) is 44.6 Å². The number of aliphatic carboxylic acids is 1. The molecule has 2 aliphatic rings. The summed E-state index contributed by atoms with van der Waals surface area (Å²) >= 11 is 1.75. The molecule has 1 aliphatic carbocycles. The molecule has 1 N–H and O–H groups in total. The van der Waals surface area contributed by atoms with Crippen molar-refractivity contribution in [1.29, 1.82) is 0 Å². The molecule has 0 aromatic rings. The second-order valence-corrected chi connectivity index (χ2v) is 6.42. The fourth-order valence-electron chi connectivity index (χ4n) is 2.93. The summed E-state index contributed by atoms with van der Waals surface area (Å²) in [4.78, 5) is 24.9. The molecule has 0 spiro atoms. The molecule has 0 aromatic carbocycles. The van der Waals surface area contributed by atoms with Gasteiger partial charge in [-0.05, 0) is 18.8 Å². The molecular weight excluding hydrogens is 250 g/mol. The van der Waals surface area contributed by atoms with Crippen LogP contribution < -0.4 is 0 Å². The third-order valence-electron chi connectivity index (χ3n) is 3.90. The fraction of sp³-hybridized carbons (Fsp3) is 0.846. The molecule has 18 heavy (non-hydrogen) atoms. The van der Waals surface area contributed by atoms with Gasteiger partial charge in [0.05, 0.1) is 12.5 Å². The summed E-state index contributed by atoms with van der Waals surface area (Å²) in [5.41, 5.74) is 0. The summed E-state index contributed by atoms with van der Waals surface area (Å²) in [6.07, 6.45) is 5.53. The largest absolute Gasteiger partial charge is 0.481 e. The van der Waals surface area contributed by atoms with E-state index in [-0.39, 0.29) is 18.4 Å². The third-order valence-corrected chi connectivity index (χ3v) is 4.99. The van der Waals surface area contributed by atoms with Gasteiger partial charge in [-0.25, -0.2) is 0 Å². The van der Waals surface area contributed by atoms with E-state index in [2.05, 4.69) is 0 Å². The Balaban J connectivity index is 1.90. The van der Waals surface area contributed by atoms with Crippen LogP contribution in [0, 0.1) is 5.92 Å². The van der Waals surface area contributed by atoms with Crippen molar-refractivity contribution in [3.63, 3.8) is 0 Å². The number of carbonyl (C=O) groups is 2. The Labute approximate surface area is 112 Å². The van der Waals surface area contributed by atoms with Crippen LogP contribution in [0.2, 0.25) is 0 Å². The number of rotatable bonds is 4. The topological polar surface area (TPSA) is 57.6 Å². The van der Waals surface area contributed by atoms with Crippen molar-refractivity contribution >= 4 is 23.6 Å². The number of amides is 1. The number of carbonyl (C=O) groups excluding carboxylic acids is 1. The Hall–Kier alpha value is -0.710. The molecule has 0 radical (unpaired) electrons. The SMILES string of the molecule is O=C(O)CC1CSCCN1C(=O)CC1CCCC1. The van der Waals surface area contributed by atoms with E-state index in [4.69, 9.17) is 5.11 Å². The number of thioether (sulfide) groups is 1. The predicted molar refractivity (Wildman–Crippen MR) is 71.7 cm³/mol. The molecule has 1 saturated carbocycles. The average Bonchev–Trinajstić information content (AvgIpc) is 2.81. The zero-order chi connectivity index (χ0) is 13.0. The normalized spacial score (nSPS) is 25.3. The summed E-state index contributed by atoms with van der Waals surface area (Å²) in [5, 5.41) is 8.90. The van der Waals surface area contributed by atoms with Gasteiger partial charge in [-0.1, -0.05) is 12.8 Å². The Morgan fingerprint density at radius 2 is 1.94 bits per heavy atom. The van der Waals surface area contributed by atoms with Crippen LogP contribution in [0.3, 0.4) is 0 Å². The van der Waals surface area contributed by atoms with Crippen LogP contribution in [0.15, 0.2) is 0 Å². The zero-order valence-electron chi connectivity index (χ0n) is 10.6. The number of hydrogen-bond acceptors (Lipinski definition) is 3. The fourth-order valence-corrected chi connectivity index (χ4v) is 3.99. The predicted octanol–water partition coefficient (Wildman–Crippen LogP) is 1.99.